The first kappa shape index (κ1) is 32.0. The van der Waals surface area contributed by atoms with Gasteiger partial charge in [-0.25, -0.2) is 4.79 Å². The van der Waals surface area contributed by atoms with Crippen molar-refractivity contribution >= 4 is 35.1 Å². The second-order valence-electron chi connectivity index (χ2n) is 10.7. The molecule has 3 fully saturated rings. The molecule has 2 bridgehead atoms. The molecular weight excluding hydrogens is 589 g/mol. The van der Waals surface area contributed by atoms with Gasteiger partial charge in [-0.3, -0.25) is 4.79 Å². The van der Waals surface area contributed by atoms with Crippen molar-refractivity contribution in [1.29, 1.82) is 0 Å². The maximum atomic E-state index is 13.6. The number of quaternary nitrogens is 1. The monoisotopic (exact) mass is 618 g/mol. The fourth-order valence-electron chi connectivity index (χ4n) is 5.62. The number of alkyl halides is 3. The molecular formula is C31H30ClF3N2O6. The summed E-state index contributed by atoms with van der Waals surface area (Å²) >= 11 is 6.21. The first-order chi connectivity index (χ1) is 20.3. The Morgan fingerprint density at radius 2 is 1.40 bits per heavy atom. The molecule has 3 aromatic rings. The summed E-state index contributed by atoms with van der Waals surface area (Å²) in [7, 11) is 0. The quantitative estimate of drug-likeness (QED) is 0.309. The first-order valence-electron chi connectivity index (χ1n) is 13.6. The Morgan fingerprint density at radius 3 is 1.88 bits per heavy atom. The number of ether oxygens (including phenoxy) is 1. The van der Waals surface area contributed by atoms with Crippen molar-refractivity contribution in [2.45, 2.75) is 30.7 Å². The molecule has 8 nitrogen and oxygen atoms in total. The van der Waals surface area contributed by atoms with E-state index in [4.69, 9.17) is 26.2 Å². The number of aliphatic hydroxyl groups is 1. The molecule has 43 heavy (non-hydrogen) atoms. The van der Waals surface area contributed by atoms with E-state index in [1.807, 2.05) is 24.3 Å². The van der Waals surface area contributed by atoms with Crippen LogP contribution in [0.2, 0.25) is 5.02 Å². The predicted molar refractivity (Wildman–Crippen MR) is 149 cm³/mol. The molecule has 3 aliphatic heterocycles. The molecule has 3 saturated heterocycles. The number of esters is 1. The Bertz CT molecular complexity index is 1390. The van der Waals surface area contributed by atoms with Gasteiger partial charge in [0, 0.05) is 18.8 Å². The average molecular weight is 619 g/mol. The Morgan fingerprint density at radius 1 is 0.907 bits per heavy atom. The summed E-state index contributed by atoms with van der Waals surface area (Å²) in [5.74, 6) is -3.58. The summed E-state index contributed by atoms with van der Waals surface area (Å²) in [6.07, 6.45) is -3.83. The van der Waals surface area contributed by atoms with Gasteiger partial charge >= 0.3 is 12.1 Å². The molecule has 0 aliphatic carbocycles. The number of aliphatic carboxylic acids is 1. The molecule has 1 atom stereocenters. The summed E-state index contributed by atoms with van der Waals surface area (Å²) in [6, 6.07) is 25.0. The zero-order valence-electron chi connectivity index (χ0n) is 22.9. The number of rotatable bonds is 7. The number of carbonyl (C=O) groups is 3. The van der Waals surface area contributed by atoms with Crippen LogP contribution in [-0.4, -0.2) is 65.9 Å². The van der Waals surface area contributed by atoms with Gasteiger partial charge in [0.2, 0.25) is 5.60 Å². The smallest absolute Gasteiger partial charge is 0.430 e. The number of carboxylic acid groups (broad SMARTS) is 1. The lowest BCUT2D eigenvalue weighted by Crippen LogP contribution is -2.66. The van der Waals surface area contributed by atoms with Crippen LogP contribution in [0.5, 0.6) is 0 Å². The molecule has 3 aliphatic rings. The van der Waals surface area contributed by atoms with Crippen LogP contribution in [0.4, 0.5) is 18.9 Å². The van der Waals surface area contributed by atoms with E-state index in [0.29, 0.717) is 32.9 Å². The Balaban J connectivity index is 0.000000541. The Kier molecular flexibility index (Phi) is 9.79. The minimum atomic E-state index is -5.19. The highest BCUT2D eigenvalue weighted by Gasteiger charge is 2.51. The fraction of sp³-hybridized carbons (Fsp3) is 0.323. The zero-order valence-corrected chi connectivity index (χ0v) is 23.7. The lowest BCUT2D eigenvalue weighted by Gasteiger charge is -2.51. The number of nitrogens with one attached hydrogen (secondary N) is 1. The number of anilines is 1. The van der Waals surface area contributed by atoms with Gasteiger partial charge in [0.1, 0.15) is 12.5 Å². The lowest BCUT2D eigenvalue weighted by atomic mass is 9.82. The van der Waals surface area contributed by atoms with Crippen LogP contribution in [0, 0.1) is 5.92 Å². The summed E-state index contributed by atoms with van der Waals surface area (Å²) in [6.45, 7) is 2.55. The van der Waals surface area contributed by atoms with Gasteiger partial charge in [0.15, 0.2) is 12.6 Å². The van der Waals surface area contributed by atoms with E-state index in [2.05, 4.69) is 5.32 Å². The van der Waals surface area contributed by atoms with E-state index in [9.17, 15) is 27.9 Å². The highest BCUT2D eigenvalue weighted by Crippen LogP contribution is 2.38. The SMILES string of the molecule is O=C(C[N+]12CCC(CC1)[C@@H](OC(=O)C(O)(c1ccccc1)c1ccccc1)C2)Nc1ccccc1Cl.O=C([O-])C(F)(F)F. The number of hydrogen-bond donors (Lipinski definition) is 2. The molecule has 12 heteroatoms. The normalized spacial score (nSPS) is 21.2. The number of carbonyl (C=O) groups excluding carboxylic acids is 3. The van der Waals surface area contributed by atoms with E-state index in [0.717, 1.165) is 25.9 Å². The highest BCUT2D eigenvalue weighted by molar-refractivity contribution is 6.33. The topological polar surface area (TPSA) is 116 Å². The van der Waals surface area contributed by atoms with Gasteiger partial charge < -0.3 is 29.5 Å². The van der Waals surface area contributed by atoms with Gasteiger partial charge in [-0.05, 0) is 23.3 Å². The minimum absolute atomic E-state index is 0.112. The third-order valence-electron chi connectivity index (χ3n) is 7.84. The van der Waals surface area contributed by atoms with Crippen molar-refractivity contribution in [3.05, 3.63) is 101 Å². The van der Waals surface area contributed by atoms with Crippen LogP contribution in [-0.2, 0) is 24.7 Å². The molecule has 0 spiro atoms. The van der Waals surface area contributed by atoms with Gasteiger partial charge in [-0.1, -0.05) is 84.4 Å². The lowest BCUT2D eigenvalue weighted by molar-refractivity contribution is -0.939. The molecule has 228 valence electrons. The number of piperidine rings is 3. The molecule has 0 unspecified atom stereocenters. The van der Waals surface area contributed by atoms with Crippen LogP contribution in [0.15, 0.2) is 84.9 Å². The number of hydrogen-bond acceptors (Lipinski definition) is 6. The number of nitrogens with zero attached hydrogens (tertiary/aromatic N) is 1. The summed E-state index contributed by atoms with van der Waals surface area (Å²) < 4.78 is 38.2. The van der Waals surface area contributed by atoms with Crippen LogP contribution < -0.4 is 10.4 Å². The molecule has 0 radical (unpaired) electrons. The largest absolute Gasteiger partial charge is 0.542 e. The second kappa shape index (κ2) is 13.2. The molecule has 0 saturated carbocycles. The maximum absolute atomic E-state index is 13.6. The third-order valence-corrected chi connectivity index (χ3v) is 8.17. The van der Waals surface area contributed by atoms with Crippen molar-refractivity contribution in [2.75, 3.05) is 31.5 Å². The van der Waals surface area contributed by atoms with Crippen LogP contribution >= 0.6 is 11.6 Å². The van der Waals surface area contributed by atoms with Crippen molar-refractivity contribution in [3.8, 4) is 0 Å². The van der Waals surface area contributed by atoms with Gasteiger partial charge in [0.05, 0.1) is 23.8 Å². The fourth-order valence-corrected chi connectivity index (χ4v) is 5.80. The van der Waals surface area contributed by atoms with Crippen molar-refractivity contribution < 1.29 is 47.0 Å². The van der Waals surface area contributed by atoms with E-state index < -0.39 is 23.7 Å². The summed E-state index contributed by atoms with van der Waals surface area (Å²) in [5.41, 5.74) is -0.398. The average Bonchev–Trinajstić information content (AvgIpc) is 2.99. The summed E-state index contributed by atoms with van der Waals surface area (Å²) in [5, 5.41) is 24.0. The number of benzene rings is 3. The number of fused-ring (bicyclic) bond motifs is 3. The molecule has 3 aromatic carbocycles. The zero-order chi connectivity index (χ0) is 31.3. The standard InChI is InChI=1S/C29H29ClN2O4.C2HF3O2/c30-24-13-7-8-14-25(24)31-27(33)20-32-17-15-21(16-18-32)26(19-32)36-28(34)29(35,22-9-3-1-4-10-22)23-11-5-2-6-12-23;3-2(4,5)1(6)7/h1-14,21,26,35H,15-20H2;(H,6,7)/t21?,26-,32?;/m0./s1. The van der Waals surface area contributed by atoms with Gasteiger partial charge in [-0.15, -0.1) is 0 Å². The van der Waals surface area contributed by atoms with E-state index in [1.165, 1.54) is 0 Å². The van der Waals surface area contributed by atoms with E-state index in [-0.39, 0.29) is 24.5 Å². The predicted octanol–water partition coefficient (Wildman–Crippen LogP) is 3.67. The summed E-state index contributed by atoms with van der Waals surface area (Å²) in [4.78, 5) is 35.4. The number of carboxylic acids is 1. The molecule has 2 N–H and O–H groups in total. The van der Waals surface area contributed by atoms with E-state index in [1.54, 1.807) is 60.7 Å². The third kappa shape index (κ3) is 7.54. The van der Waals surface area contributed by atoms with Gasteiger partial charge in [-0.2, -0.15) is 13.2 Å². The Labute approximate surface area is 251 Å². The number of halogens is 4. The van der Waals surface area contributed by atoms with Crippen molar-refractivity contribution in [1.82, 2.24) is 0 Å². The minimum Gasteiger partial charge on any atom is -0.542 e. The Hall–Kier alpha value is -3.93. The second-order valence-corrected chi connectivity index (χ2v) is 11.1. The highest BCUT2D eigenvalue weighted by atomic mass is 35.5. The van der Waals surface area contributed by atoms with Crippen molar-refractivity contribution in [2.24, 2.45) is 5.92 Å². The van der Waals surface area contributed by atoms with Crippen molar-refractivity contribution in [3.63, 3.8) is 0 Å². The molecule has 0 aromatic heterocycles. The molecule has 3 heterocycles. The van der Waals surface area contributed by atoms with Gasteiger partial charge in [0.25, 0.3) is 5.91 Å². The maximum Gasteiger partial charge on any atom is 0.430 e. The van der Waals surface area contributed by atoms with E-state index >= 15 is 0 Å². The van der Waals surface area contributed by atoms with Crippen LogP contribution in [0.1, 0.15) is 24.0 Å². The first-order valence-corrected chi connectivity index (χ1v) is 13.9. The van der Waals surface area contributed by atoms with Crippen LogP contribution in [0.3, 0.4) is 0 Å². The number of amides is 1. The number of para-hydroxylation sites is 1. The molecule has 6 rings (SSSR count). The van der Waals surface area contributed by atoms with Crippen LogP contribution in [0.25, 0.3) is 0 Å². The molecule has 1 amide bonds.